The summed E-state index contributed by atoms with van der Waals surface area (Å²) >= 11 is 10.3. The van der Waals surface area contributed by atoms with Gasteiger partial charge in [0.1, 0.15) is 14.9 Å². The van der Waals surface area contributed by atoms with Gasteiger partial charge in [-0.2, -0.15) is 0 Å². The van der Waals surface area contributed by atoms with Gasteiger partial charge in [0.15, 0.2) is 0 Å². The molecule has 0 spiro atoms. The van der Waals surface area contributed by atoms with E-state index in [2.05, 4.69) is 20.3 Å². The molecule has 0 radical (unpaired) electrons. The van der Waals surface area contributed by atoms with Gasteiger partial charge in [-0.1, -0.05) is 11.6 Å². The van der Waals surface area contributed by atoms with Crippen molar-refractivity contribution >= 4 is 51.5 Å². The molecule has 1 N–H and O–H groups in total. The molecule has 0 aromatic carbocycles. The number of carbonyl (C=O) groups is 1. The summed E-state index contributed by atoms with van der Waals surface area (Å²) in [5, 5.41) is 6.57. The van der Waals surface area contributed by atoms with Crippen LogP contribution in [0.5, 0.6) is 0 Å². The Hall–Kier alpha value is -2.13. The number of aryl methyl sites for hydroxylation is 1. The number of thiophene rings is 1. The second-order valence-corrected chi connectivity index (χ2v) is 9.24. The van der Waals surface area contributed by atoms with Crippen molar-refractivity contribution in [3.63, 3.8) is 0 Å². The van der Waals surface area contributed by atoms with E-state index in [1.807, 2.05) is 36.6 Å². The van der Waals surface area contributed by atoms with Crippen molar-refractivity contribution in [2.24, 2.45) is 0 Å². The van der Waals surface area contributed by atoms with Crippen molar-refractivity contribution in [3.05, 3.63) is 62.0 Å². The minimum Gasteiger partial charge on any atom is -0.345 e. The Bertz CT molecular complexity index is 1090. The number of rotatable bonds is 5. The molecule has 0 aliphatic rings. The predicted octanol–water partition coefficient (Wildman–Crippen LogP) is 5.28. The molecule has 9 heteroatoms. The van der Waals surface area contributed by atoms with E-state index in [-0.39, 0.29) is 5.91 Å². The van der Waals surface area contributed by atoms with Gasteiger partial charge in [-0.25, -0.2) is 9.97 Å². The molecule has 5 nitrogen and oxygen atoms in total. The summed E-state index contributed by atoms with van der Waals surface area (Å²) in [5.41, 5.74) is 2.61. The molecular formula is C18H13ClN4OS3. The maximum atomic E-state index is 12.6. The fraction of sp³-hybridized carbons (Fsp3) is 0.111. The Labute approximate surface area is 172 Å². The number of hydrogen-bond acceptors (Lipinski definition) is 7. The van der Waals surface area contributed by atoms with E-state index in [1.54, 1.807) is 12.4 Å². The van der Waals surface area contributed by atoms with Crippen LogP contribution in [0.1, 0.15) is 20.4 Å². The predicted molar refractivity (Wildman–Crippen MR) is 112 cm³/mol. The number of aromatic nitrogens is 3. The van der Waals surface area contributed by atoms with E-state index in [4.69, 9.17) is 11.6 Å². The van der Waals surface area contributed by atoms with Crippen LogP contribution in [-0.2, 0) is 6.54 Å². The first-order valence-electron chi connectivity index (χ1n) is 7.96. The molecule has 0 atom stereocenters. The van der Waals surface area contributed by atoms with Crippen LogP contribution in [0.3, 0.4) is 0 Å². The number of thiazole rings is 2. The van der Waals surface area contributed by atoms with E-state index in [1.165, 1.54) is 34.0 Å². The van der Waals surface area contributed by atoms with Crippen LogP contribution in [0.15, 0.2) is 42.0 Å². The molecule has 0 aliphatic carbocycles. The van der Waals surface area contributed by atoms with Crippen LogP contribution in [-0.4, -0.2) is 20.9 Å². The summed E-state index contributed by atoms with van der Waals surface area (Å²) in [4.78, 5) is 27.2. The second kappa shape index (κ2) is 7.85. The molecular weight excluding hydrogens is 420 g/mol. The molecule has 27 heavy (non-hydrogen) atoms. The van der Waals surface area contributed by atoms with E-state index >= 15 is 0 Å². The summed E-state index contributed by atoms with van der Waals surface area (Å²) in [7, 11) is 0. The van der Waals surface area contributed by atoms with Gasteiger partial charge in [-0.05, 0) is 31.2 Å². The fourth-order valence-electron chi connectivity index (χ4n) is 2.43. The zero-order valence-corrected chi connectivity index (χ0v) is 17.3. The van der Waals surface area contributed by atoms with Gasteiger partial charge >= 0.3 is 0 Å². The number of pyridine rings is 1. The first-order chi connectivity index (χ1) is 13.1. The highest BCUT2D eigenvalue weighted by molar-refractivity contribution is 7.24. The topological polar surface area (TPSA) is 67.8 Å². The number of amides is 1. The molecule has 0 unspecified atom stereocenters. The van der Waals surface area contributed by atoms with Crippen LogP contribution < -0.4 is 5.32 Å². The van der Waals surface area contributed by atoms with E-state index in [0.29, 0.717) is 21.5 Å². The first kappa shape index (κ1) is 18.2. The van der Waals surface area contributed by atoms with Gasteiger partial charge in [-0.3, -0.25) is 9.78 Å². The average molecular weight is 433 g/mol. The van der Waals surface area contributed by atoms with Crippen LogP contribution in [0, 0.1) is 6.92 Å². The third kappa shape index (κ3) is 4.08. The molecule has 136 valence electrons. The van der Waals surface area contributed by atoms with E-state index in [0.717, 1.165) is 26.1 Å². The second-order valence-electron chi connectivity index (χ2n) is 5.58. The van der Waals surface area contributed by atoms with Crippen LogP contribution in [0.25, 0.3) is 21.1 Å². The summed E-state index contributed by atoms with van der Waals surface area (Å²) in [6, 6.07) is 7.58. The van der Waals surface area contributed by atoms with Gasteiger partial charge < -0.3 is 5.32 Å². The Morgan fingerprint density at radius 2 is 1.96 bits per heavy atom. The van der Waals surface area contributed by atoms with Gasteiger partial charge in [0.05, 0.1) is 27.1 Å². The van der Waals surface area contributed by atoms with Crippen LogP contribution in [0.2, 0.25) is 4.34 Å². The molecule has 0 saturated carbocycles. The highest BCUT2D eigenvalue weighted by atomic mass is 35.5. The Morgan fingerprint density at radius 3 is 2.70 bits per heavy atom. The number of nitrogens with one attached hydrogen (secondary N) is 1. The maximum Gasteiger partial charge on any atom is 0.263 e. The van der Waals surface area contributed by atoms with Crippen molar-refractivity contribution in [2.75, 3.05) is 0 Å². The van der Waals surface area contributed by atoms with Crippen molar-refractivity contribution in [1.29, 1.82) is 0 Å². The lowest BCUT2D eigenvalue weighted by molar-refractivity contribution is 0.0954. The molecule has 0 aliphatic heterocycles. The van der Waals surface area contributed by atoms with Crippen molar-refractivity contribution < 1.29 is 4.79 Å². The molecule has 0 bridgehead atoms. The summed E-state index contributed by atoms with van der Waals surface area (Å²) in [6.45, 7) is 2.22. The molecule has 0 saturated heterocycles. The zero-order chi connectivity index (χ0) is 18.8. The SMILES string of the molecule is Cc1nc(-c2ccc(Cl)s2)sc1C(=O)NCc1nc(-c2ccncc2)cs1. The number of halogens is 1. The summed E-state index contributed by atoms with van der Waals surface area (Å²) in [5.74, 6) is -0.139. The van der Waals surface area contributed by atoms with Crippen LogP contribution in [0.4, 0.5) is 0 Å². The minimum absolute atomic E-state index is 0.139. The van der Waals surface area contributed by atoms with E-state index in [9.17, 15) is 4.79 Å². The molecule has 1 amide bonds. The highest BCUT2D eigenvalue weighted by Gasteiger charge is 2.17. The minimum atomic E-state index is -0.139. The quantitative estimate of drug-likeness (QED) is 0.465. The van der Waals surface area contributed by atoms with Crippen molar-refractivity contribution in [1.82, 2.24) is 20.3 Å². The maximum absolute atomic E-state index is 12.6. The van der Waals surface area contributed by atoms with Gasteiger partial charge in [0, 0.05) is 23.3 Å². The Morgan fingerprint density at radius 1 is 1.15 bits per heavy atom. The van der Waals surface area contributed by atoms with Gasteiger partial charge in [0.2, 0.25) is 0 Å². The zero-order valence-electron chi connectivity index (χ0n) is 14.1. The molecule has 4 aromatic heterocycles. The number of nitrogens with zero attached hydrogens (tertiary/aromatic N) is 3. The molecule has 4 rings (SSSR count). The number of carbonyl (C=O) groups excluding carboxylic acids is 1. The number of hydrogen-bond donors (Lipinski definition) is 1. The van der Waals surface area contributed by atoms with Gasteiger partial charge in [-0.15, -0.1) is 34.0 Å². The smallest absolute Gasteiger partial charge is 0.263 e. The standard InChI is InChI=1S/C18H13ClN4OS3/c1-10-16(27-18(22-10)13-2-3-14(19)26-13)17(24)21-8-15-23-12(9-25-15)11-4-6-20-7-5-11/h2-7,9H,8H2,1H3,(H,21,24). The Kier molecular flexibility index (Phi) is 5.31. The van der Waals surface area contributed by atoms with E-state index < -0.39 is 0 Å². The van der Waals surface area contributed by atoms with Crippen LogP contribution >= 0.6 is 45.6 Å². The lowest BCUT2D eigenvalue weighted by atomic mass is 10.2. The highest BCUT2D eigenvalue weighted by Crippen LogP contribution is 2.35. The third-order valence-electron chi connectivity index (χ3n) is 3.71. The largest absolute Gasteiger partial charge is 0.345 e. The third-order valence-corrected chi connectivity index (χ3v) is 7.12. The lowest BCUT2D eigenvalue weighted by Crippen LogP contribution is -2.22. The van der Waals surface area contributed by atoms with Crippen molar-refractivity contribution in [3.8, 4) is 21.1 Å². The summed E-state index contributed by atoms with van der Waals surface area (Å²) in [6.07, 6.45) is 3.47. The average Bonchev–Trinajstić information content (AvgIpc) is 3.40. The normalized spacial score (nSPS) is 10.9. The fourth-order valence-corrected chi connectivity index (χ4v) is 5.25. The van der Waals surface area contributed by atoms with Gasteiger partial charge in [0.25, 0.3) is 5.91 Å². The van der Waals surface area contributed by atoms with Crippen molar-refractivity contribution in [2.45, 2.75) is 13.5 Å². The Balaban J connectivity index is 1.44. The monoisotopic (exact) mass is 432 g/mol. The summed E-state index contributed by atoms with van der Waals surface area (Å²) < 4.78 is 0.706. The first-order valence-corrected chi connectivity index (χ1v) is 10.9. The lowest BCUT2D eigenvalue weighted by Gasteiger charge is -2.01. The molecule has 0 fully saturated rings. The molecule has 4 aromatic rings. The molecule has 4 heterocycles.